The maximum Gasteiger partial charge on any atom is 0.222 e. The van der Waals surface area contributed by atoms with Gasteiger partial charge in [-0.05, 0) is 37.8 Å². The van der Waals surface area contributed by atoms with Crippen LogP contribution in [-0.4, -0.2) is 42.9 Å². The SMILES string of the molecule is CN(CCC1CCCCO1)C(=O)CCC(=O)c1ccccc1F. The van der Waals surface area contributed by atoms with Crippen LogP contribution in [-0.2, 0) is 9.53 Å². The van der Waals surface area contributed by atoms with Crippen LogP contribution in [0.15, 0.2) is 24.3 Å². The predicted molar refractivity (Wildman–Crippen MR) is 85.8 cm³/mol. The molecule has 23 heavy (non-hydrogen) atoms. The summed E-state index contributed by atoms with van der Waals surface area (Å²) in [6.07, 6.45) is 4.54. The van der Waals surface area contributed by atoms with Gasteiger partial charge in [0.25, 0.3) is 0 Å². The number of ketones is 1. The quantitative estimate of drug-likeness (QED) is 0.725. The number of benzene rings is 1. The van der Waals surface area contributed by atoms with Crippen LogP contribution in [0, 0.1) is 5.82 Å². The van der Waals surface area contributed by atoms with Gasteiger partial charge >= 0.3 is 0 Å². The van der Waals surface area contributed by atoms with Gasteiger partial charge in [0.05, 0.1) is 11.7 Å². The number of Topliss-reactive ketones (excluding diaryl/α,β-unsaturated/α-hetero) is 1. The van der Waals surface area contributed by atoms with Gasteiger partial charge in [-0.3, -0.25) is 9.59 Å². The number of hydrogen-bond donors (Lipinski definition) is 0. The summed E-state index contributed by atoms with van der Waals surface area (Å²) < 4.78 is 19.2. The number of carbonyl (C=O) groups excluding carboxylic acids is 2. The first-order valence-corrected chi connectivity index (χ1v) is 8.21. The van der Waals surface area contributed by atoms with E-state index in [1.165, 1.54) is 18.6 Å². The molecule has 4 nitrogen and oxygen atoms in total. The lowest BCUT2D eigenvalue weighted by Gasteiger charge is -2.25. The molecule has 2 rings (SSSR count). The number of ether oxygens (including phenoxy) is 1. The van der Waals surface area contributed by atoms with E-state index in [1.807, 2.05) is 0 Å². The summed E-state index contributed by atoms with van der Waals surface area (Å²) in [6, 6.07) is 5.87. The summed E-state index contributed by atoms with van der Waals surface area (Å²) >= 11 is 0. The van der Waals surface area contributed by atoms with Gasteiger partial charge in [0, 0.05) is 33.0 Å². The van der Waals surface area contributed by atoms with E-state index < -0.39 is 5.82 Å². The summed E-state index contributed by atoms with van der Waals surface area (Å²) in [5.41, 5.74) is 0.0542. The average molecular weight is 321 g/mol. The first kappa shape index (κ1) is 17.6. The highest BCUT2D eigenvalue weighted by molar-refractivity contribution is 5.98. The van der Waals surface area contributed by atoms with Crippen molar-refractivity contribution in [1.29, 1.82) is 0 Å². The van der Waals surface area contributed by atoms with Crippen LogP contribution in [0.4, 0.5) is 4.39 Å². The van der Waals surface area contributed by atoms with Gasteiger partial charge in [-0.1, -0.05) is 12.1 Å². The summed E-state index contributed by atoms with van der Waals surface area (Å²) in [7, 11) is 1.73. The topological polar surface area (TPSA) is 46.6 Å². The fourth-order valence-electron chi connectivity index (χ4n) is 2.73. The molecule has 1 fully saturated rings. The molecule has 1 saturated heterocycles. The van der Waals surface area contributed by atoms with E-state index in [0.717, 1.165) is 25.9 Å². The minimum atomic E-state index is -0.534. The standard InChI is InChI=1S/C18H24FNO3/c1-20(12-11-14-6-4-5-13-23-14)18(22)10-9-17(21)15-7-2-3-8-16(15)19/h2-3,7-8,14H,4-6,9-13H2,1H3. The smallest absolute Gasteiger partial charge is 0.222 e. The monoisotopic (exact) mass is 321 g/mol. The number of carbonyl (C=O) groups is 2. The second kappa shape index (κ2) is 8.77. The Morgan fingerprint density at radius 1 is 1.26 bits per heavy atom. The highest BCUT2D eigenvalue weighted by Crippen LogP contribution is 2.16. The first-order chi connectivity index (χ1) is 11.1. The van der Waals surface area contributed by atoms with Crippen LogP contribution in [0.1, 0.15) is 48.9 Å². The lowest BCUT2D eigenvalue weighted by atomic mass is 10.0. The lowest BCUT2D eigenvalue weighted by Crippen LogP contribution is -2.31. The van der Waals surface area contributed by atoms with Crippen molar-refractivity contribution in [1.82, 2.24) is 4.90 Å². The third-order valence-electron chi connectivity index (χ3n) is 4.23. The van der Waals surface area contributed by atoms with Gasteiger partial charge in [0.1, 0.15) is 5.82 Å². The molecule has 1 aromatic carbocycles. The maximum atomic E-state index is 13.5. The number of rotatable bonds is 7. The zero-order valence-corrected chi connectivity index (χ0v) is 13.6. The van der Waals surface area contributed by atoms with Crippen molar-refractivity contribution in [3.8, 4) is 0 Å². The van der Waals surface area contributed by atoms with Crippen molar-refractivity contribution >= 4 is 11.7 Å². The molecule has 0 spiro atoms. The molecule has 1 aliphatic rings. The third kappa shape index (κ3) is 5.43. The fourth-order valence-corrected chi connectivity index (χ4v) is 2.73. The molecule has 1 unspecified atom stereocenters. The molecule has 1 atom stereocenters. The minimum absolute atomic E-state index is 0.0318. The largest absolute Gasteiger partial charge is 0.378 e. The van der Waals surface area contributed by atoms with E-state index in [0.29, 0.717) is 6.54 Å². The summed E-state index contributed by atoms with van der Waals surface area (Å²) in [5.74, 6) is -0.960. The maximum absolute atomic E-state index is 13.5. The molecule has 0 aliphatic carbocycles. The molecule has 1 amide bonds. The van der Waals surface area contributed by atoms with Crippen LogP contribution < -0.4 is 0 Å². The lowest BCUT2D eigenvalue weighted by molar-refractivity contribution is -0.130. The van der Waals surface area contributed by atoms with Crippen molar-refractivity contribution in [2.75, 3.05) is 20.2 Å². The first-order valence-electron chi connectivity index (χ1n) is 8.21. The van der Waals surface area contributed by atoms with Crippen LogP contribution in [0.25, 0.3) is 0 Å². The van der Waals surface area contributed by atoms with E-state index in [2.05, 4.69) is 0 Å². The van der Waals surface area contributed by atoms with Crippen molar-refractivity contribution < 1.29 is 18.7 Å². The Hall–Kier alpha value is -1.75. The second-order valence-corrected chi connectivity index (χ2v) is 6.00. The van der Waals surface area contributed by atoms with Gasteiger partial charge in [-0.2, -0.15) is 0 Å². The predicted octanol–water partition coefficient (Wildman–Crippen LogP) is 3.21. The molecule has 0 bridgehead atoms. The van der Waals surface area contributed by atoms with Crippen molar-refractivity contribution in [2.45, 2.75) is 44.6 Å². The molecule has 1 aromatic rings. The third-order valence-corrected chi connectivity index (χ3v) is 4.23. The van der Waals surface area contributed by atoms with Crippen molar-refractivity contribution in [2.24, 2.45) is 0 Å². The number of halogens is 1. The van der Waals surface area contributed by atoms with Crippen molar-refractivity contribution in [3.05, 3.63) is 35.6 Å². The molecule has 5 heteroatoms. The molecule has 1 heterocycles. The molecule has 0 aromatic heterocycles. The second-order valence-electron chi connectivity index (χ2n) is 6.00. The number of nitrogens with zero attached hydrogens (tertiary/aromatic N) is 1. The Bertz CT molecular complexity index is 541. The average Bonchev–Trinajstić information content (AvgIpc) is 2.58. The van der Waals surface area contributed by atoms with Crippen LogP contribution >= 0.6 is 0 Å². The summed E-state index contributed by atoms with van der Waals surface area (Å²) in [5, 5.41) is 0. The highest BCUT2D eigenvalue weighted by Gasteiger charge is 2.18. The molecule has 0 saturated carbocycles. The van der Waals surface area contributed by atoms with Gasteiger partial charge in [0.15, 0.2) is 5.78 Å². The zero-order chi connectivity index (χ0) is 16.7. The minimum Gasteiger partial charge on any atom is -0.378 e. The fraction of sp³-hybridized carbons (Fsp3) is 0.556. The van der Waals surface area contributed by atoms with Crippen LogP contribution in [0.2, 0.25) is 0 Å². The van der Waals surface area contributed by atoms with Gasteiger partial charge in [-0.25, -0.2) is 4.39 Å². The Morgan fingerprint density at radius 3 is 2.74 bits per heavy atom. The van der Waals surface area contributed by atoms with Crippen LogP contribution in [0.5, 0.6) is 0 Å². The Labute approximate surface area is 136 Å². The van der Waals surface area contributed by atoms with Crippen molar-refractivity contribution in [3.63, 3.8) is 0 Å². The normalized spacial score (nSPS) is 17.7. The summed E-state index contributed by atoms with van der Waals surface area (Å²) in [6.45, 7) is 1.43. The zero-order valence-electron chi connectivity index (χ0n) is 13.6. The Balaban J connectivity index is 1.73. The number of amides is 1. The molecule has 0 N–H and O–H groups in total. The molecule has 0 radical (unpaired) electrons. The van der Waals surface area contributed by atoms with Gasteiger partial charge in [0.2, 0.25) is 5.91 Å². The summed E-state index contributed by atoms with van der Waals surface area (Å²) in [4.78, 5) is 25.7. The van der Waals surface area contributed by atoms with E-state index in [1.54, 1.807) is 24.1 Å². The van der Waals surface area contributed by atoms with Crippen LogP contribution in [0.3, 0.4) is 0 Å². The van der Waals surface area contributed by atoms with Gasteiger partial charge < -0.3 is 9.64 Å². The molecular formula is C18H24FNO3. The van der Waals surface area contributed by atoms with Gasteiger partial charge in [-0.15, -0.1) is 0 Å². The number of hydrogen-bond acceptors (Lipinski definition) is 3. The molecular weight excluding hydrogens is 297 g/mol. The molecule has 126 valence electrons. The van der Waals surface area contributed by atoms with E-state index in [9.17, 15) is 14.0 Å². The highest BCUT2D eigenvalue weighted by atomic mass is 19.1. The van der Waals surface area contributed by atoms with E-state index >= 15 is 0 Å². The Morgan fingerprint density at radius 2 is 2.04 bits per heavy atom. The van der Waals surface area contributed by atoms with E-state index in [4.69, 9.17) is 4.74 Å². The Kier molecular flexibility index (Phi) is 6.71. The molecule has 1 aliphatic heterocycles. The van der Waals surface area contributed by atoms with E-state index in [-0.39, 0.29) is 36.2 Å².